The molecule has 0 rings (SSSR count). The fourth-order valence-corrected chi connectivity index (χ4v) is 3.51. The second-order valence-electron chi connectivity index (χ2n) is 10.1. The molecule has 0 bridgehead atoms. The third-order valence-electron chi connectivity index (χ3n) is 5.35. The van der Waals surface area contributed by atoms with Gasteiger partial charge >= 0.3 is 30.0 Å². The Balaban J connectivity index is 5.70. The van der Waals surface area contributed by atoms with Crippen molar-refractivity contribution >= 4 is 41.8 Å². The van der Waals surface area contributed by atoms with Crippen LogP contribution in [0.4, 0.5) is 4.79 Å². The maximum atomic E-state index is 13.2. The average Bonchev–Trinajstić information content (AvgIpc) is 2.90. The molecule has 15 nitrogen and oxygen atoms in total. The van der Waals surface area contributed by atoms with Crippen molar-refractivity contribution in [3.05, 3.63) is 0 Å². The van der Waals surface area contributed by atoms with E-state index in [0.29, 0.717) is 0 Å². The molecule has 0 aliphatic carbocycles. The third-order valence-corrected chi connectivity index (χ3v) is 5.35. The van der Waals surface area contributed by atoms with Crippen LogP contribution < -0.4 is 16.0 Å². The van der Waals surface area contributed by atoms with E-state index in [4.69, 9.17) is 23.7 Å². The quantitative estimate of drug-likeness (QED) is 0.139. The molecule has 3 atom stereocenters. The van der Waals surface area contributed by atoms with Gasteiger partial charge in [-0.15, -0.1) is 0 Å². The predicted octanol–water partition coefficient (Wildman–Crippen LogP) is 1.44. The van der Waals surface area contributed by atoms with Crippen LogP contribution in [0, 0.1) is 0 Å². The van der Waals surface area contributed by atoms with Crippen LogP contribution in [-0.4, -0.2) is 91.9 Å². The molecule has 0 aliphatic heterocycles. The smallest absolute Gasteiger partial charge is 0.408 e. The second-order valence-corrected chi connectivity index (χ2v) is 10.1. The van der Waals surface area contributed by atoms with Gasteiger partial charge in [0.15, 0.2) is 0 Å². The van der Waals surface area contributed by atoms with Crippen LogP contribution >= 0.6 is 0 Å². The Bertz CT molecular complexity index is 948. The van der Waals surface area contributed by atoms with Gasteiger partial charge in [-0.1, -0.05) is 0 Å². The molecule has 3 N–H and O–H groups in total. The molecule has 0 saturated heterocycles. The highest BCUT2D eigenvalue weighted by Gasteiger charge is 2.31. The van der Waals surface area contributed by atoms with E-state index in [2.05, 4.69) is 16.0 Å². The summed E-state index contributed by atoms with van der Waals surface area (Å²) in [6.07, 6.45) is -2.12. The van der Waals surface area contributed by atoms with Gasteiger partial charge in [0.2, 0.25) is 11.8 Å². The molecule has 43 heavy (non-hydrogen) atoms. The van der Waals surface area contributed by atoms with Gasteiger partial charge in [0.1, 0.15) is 23.7 Å². The zero-order valence-electron chi connectivity index (χ0n) is 26.2. The SMILES string of the molecule is CCOC(=O)CC[C@H](NC(=O)CC[C@H](NC(=O)OC(C)(C)C)C(=O)N[C@@H](CCC(=O)OCC)C(=O)OCC)C(=O)OCC. The largest absolute Gasteiger partial charge is 0.466 e. The number of hydrogen-bond acceptors (Lipinski definition) is 12. The summed E-state index contributed by atoms with van der Waals surface area (Å²) >= 11 is 0. The maximum Gasteiger partial charge on any atom is 0.408 e. The summed E-state index contributed by atoms with van der Waals surface area (Å²) in [6, 6.07) is -3.76. The predicted molar refractivity (Wildman–Crippen MR) is 151 cm³/mol. The van der Waals surface area contributed by atoms with E-state index in [0.717, 1.165) is 0 Å². The van der Waals surface area contributed by atoms with E-state index in [1.807, 2.05) is 0 Å². The third kappa shape index (κ3) is 18.3. The molecule has 0 unspecified atom stereocenters. The summed E-state index contributed by atoms with van der Waals surface area (Å²) in [5.74, 6) is -4.19. The first kappa shape index (κ1) is 39.1. The Morgan fingerprint density at radius 2 is 0.977 bits per heavy atom. The van der Waals surface area contributed by atoms with E-state index in [9.17, 15) is 33.6 Å². The highest BCUT2D eigenvalue weighted by atomic mass is 16.6. The topological polar surface area (TPSA) is 202 Å². The van der Waals surface area contributed by atoms with Gasteiger partial charge in [-0.25, -0.2) is 14.4 Å². The van der Waals surface area contributed by atoms with Crippen molar-refractivity contribution in [1.29, 1.82) is 0 Å². The van der Waals surface area contributed by atoms with Crippen molar-refractivity contribution in [2.45, 2.75) is 111 Å². The molecule has 246 valence electrons. The number of esters is 4. The van der Waals surface area contributed by atoms with Crippen molar-refractivity contribution in [1.82, 2.24) is 16.0 Å². The minimum absolute atomic E-state index is 0.0160. The van der Waals surface area contributed by atoms with E-state index >= 15 is 0 Å². The lowest BCUT2D eigenvalue weighted by molar-refractivity contribution is -0.149. The summed E-state index contributed by atoms with van der Waals surface area (Å²) < 4.78 is 25.0. The second kappa shape index (κ2) is 20.9. The number of carbonyl (C=O) groups is 7. The number of carbonyl (C=O) groups excluding carboxylic acids is 7. The minimum atomic E-state index is -1.36. The van der Waals surface area contributed by atoms with Gasteiger partial charge in [-0.3, -0.25) is 19.2 Å². The summed E-state index contributed by atoms with van der Waals surface area (Å²) in [6.45, 7) is 11.6. The molecule has 0 saturated carbocycles. The monoisotopic (exact) mass is 617 g/mol. The lowest BCUT2D eigenvalue weighted by Crippen LogP contribution is -2.53. The molecule has 0 spiro atoms. The molecule has 0 radical (unpaired) electrons. The van der Waals surface area contributed by atoms with E-state index in [1.54, 1.807) is 48.5 Å². The van der Waals surface area contributed by atoms with Crippen LogP contribution in [0.25, 0.3) is 0 Å². The Labute approximate surface area is 252 Å². The average molecular weight is 618 g/mol. The van der Waals surface area contributed by atoms with Gasteiger partial charge in [0.05, 0.1) is 26.4 Å². The molecule has 3 amide bonds. The van der Waals surface area contributed by atoms with Crippen molar-refractivity contribution in [2.75, 3.05) is 26.4 Å². The number of rotatable bonds is 19. The van der Waals surface area contributed by atoms with Gasteiger partial charge < -0.3 is 39.6 Å². The highest BCUT2D eigenvalue weighted by Crippen LogP contribution is 2.10. The van der Waals surface area contributed by atoms with E-state index in [1.165, 1.54) is 0 Å². The summed E-state index contributed by atoms with van der Waals surface area (Å²) in [5.41, 5.74) is -0.901. The first-order valence-corrected chi connectivity index (χ1v) is 14.4. The number of alkyl carbamates (subject to hydrolysis) is 1. The molecular weight excluding hydrogens is 570 g/mol. The zero-order valence-corrected chi connectivity index (χ0v) is 26.2. The van der Waals surface area contributed by atoms with Crippen LogP contribution in [0.2, 0.25) is 0 Å². The standard InChI is InChI=1S/C28H47N3O12/c1-8-39-22(33)16-13-19(25(36)41-10-3)29-21(32)15-12-18(31-27(38)43-28(5,6)7)24(35)30-20(26(37)42-11-4)14-17-23(34)40-9-2/h18-20H,8-17H2,1-7H3,(H,29,32)(H,30,35)(H,31,38)/t18-,19-,20-/m0/s1. The molecule has 0 heterocycles. The van der Waals surface area contributed by atoms with Crippen LogP contribution in [0.1, 0.15) is 87.0 Å². The normalized spacial score (nSPS) is 12.9. The number of hydrogen-bond donors (Lipinski definition) is 3. The van der Waals surface area contributed by atoms with Crippen LogP contribution in [0.5, 0.6) is 0 Å². The van der Waals surface area contributed by atoms with Crippen molar-refractivity contribution in [3.8, 4) is 0 Å². The van der Waals surface area contributed by atoms with Gasteiger partial charge in [0.25, 0.3) is 0 Å². The molecule has 0 aromatic heterocycles. The van der Waals surface area contributed by atoms with Gasteiger partial charge in [-0.2, -0.15) is 0 Å². The van der Waals surface area contributed by atoms with E-state index in [-0.39, 0.29) is 65.0 Å². The lowest BCUT2D eigenvalue weighted by atomic mass is 10.1. The van der Waals surface area contributed by atoms with Crippen molar-refractivity contribution in [3.63, 3.8) is 0 Å². The van der Waals surface area contributed by atoms with E-state index < -0.39 is 65.5 Å². The van der Waals surface area contributed by atoms with Crippen molar-refractivity contribution < 1.29 is 57.2 Å². The summed E-state index contributed by atoms with van der Waals surface area (Å²) in [4.78, 5) is 87.0. The maximum absolute atomic E-state index is 13.2. The number of amides is 3. The Hall–Kier alpha value is -3.91. The molecule has 0 fully saturated rings. The number of nitrogens with one attached hydrogen (secondary N) is 3. The fraction of sp³-hybridized carbons (Fsp3) is 0.750. The molecule has 0 aliphatic rings. The van der Waals surface area contributed by atoms with Gasteiger partial charge in [0, 0.05) is 19.3 Å². The Morgan fingerprint density at radius 3 is 1.40 bits per heavy atom. The van der Waals surface area contributed by atoms with Crippen molar-refractivity contribution in [2.24, 2.45) is 0 Å². The summed E-state index contributed by atoms with van der Waals surface area (Å²) in [5, 5.41) is 7.34. The highest BCUT2D eigenvalue weighted by molar-refractivity contribution is 5.91. The molecule has 15 heteroatoms. The molecular formula is C28H47N3O12. The van der Waals surface area contributed by atoms with Crippen LogP contribution in [0.3, 0.4) is 0 Å². The lowest BCUT2D eigenvalue weighted by Gasteiger charge is -2.25. The number of ether oxygens (including phenoxy) is 5. The first-order chi connectivity index (χ1) is 20.2. The minimum Gasteiger partial charge on any atom is -0.466 e. The van der Waals surface area contributed by atoms with Crippen LogP contribution in [0.15, 0.2) is 0 Å². The molecule has 0 aromatic rings. The Kier molecular flexibility index (Phi) is 19.0. The molecule has 0 aromatic carbocycles. The fourth-order valence-electron chi connectivity index (χ4n) is 3.51. The summed E-state index contributed by atoms with van der Waals surface area (Å²) in [7, 11) is 0. The van der Waals surface area contributed by atoms with Crippen LogP contribution in [-0.2, 0) is 52.5 Å². The Morgan fingerprint density at radius 1 is 0.558 bits per heavy atom. The first-order valence-electron chi connectivity index (χ1n) is 14.4. The van der Waals surface area contributed by atoms with Gasteiger partial charge in [-0.05, 0) is 67.7 Å². The zero-order chi connectivity index (χ0) is 33.0.